The van der Waals surface area contributed by atoms with E-state index in [1.807, 2.05) is 0 Å². The van der Waals surface area contributed by atoms with E-state index in [0.717, 1.165) is 12.8 Å². The van der Waals surface area contributed by atoms with Crippen molar-refractivity contribution in [1.29, 1.82) is 0 Å². The Hall–Kier alpha value is -2.37. The van der Waals surface area contributed by atoms with Gasteiger partial charge in [-0.2, -0.15) is 0 Å². The van der Waals surface area contributed by atoms with Gasteiger partial charge in [-0.1, -0.05) is 26.7 Å². The highest BCUT2D eigenvalue weighted by Gasteiger charge is 2.15. The van der Waals surface area contributed by atoms with Gasteiger partial charge < -0.3 is 15.7 Å². The fourth-order valence-corrected chi connectivity index (χ4v) is 2.10. The zero-order valence-corrected chi connectivity index (χ0v) is 13.8. The average molecular weight is 320 g/mol. The Labute approximate surface area is 136 Å². The van der Waals surface area contributed by atoms with Crippen LogP contribution in [-0.2, 0) is 9.59 Å². The fraction of sp³-hybridized carbons (Fsp3) is 0.471. The maximum atomic E-state index is 11.9. The van der Waals surface area contributed by atoms with Gasteiger partial charge in [-0.05, 0) is 37.1 Å². The van der Waals surface area contributed by atoms with Crippen molar-refractivity contribution >= 4 is 23.5 Å². The summed E-state index contributed by atoms with van der Waals surface area (Å²) >= 11 is 0. The fourth-order valence-electron chi connectivity index (χ4n) is 2.10. The molecule has 3 N–H and O–H groups in total. The molecule has 0 aliphatic carbocycles. The van der Waals surface area contributed by atoms with E-state index in [9.17, 15) is 14.4 Å². The molecule has 0 bridgehead atoms. The van der Waals surface area contributed by atoms with Gasteiger partial charge in [-0.15, -0.1) is 0 Å². The summed E-state index contributed by atoms with van der Waals surface area (Å²) in [5.74, 6) is -1.23. The van der Waals surface area contributed by atoms with Gasteiger partial charge in [0.15, 0.2) is 0 Å². The lowest BCUT2D eigenvalue weighted by Crippen LogP contribution is -2.38. The molecule has 0 saturated heterocycles. The minimum atomic E-state index is -1.09. The zero-order chi connectivity index (χ0) is 17.4. The van der Waals surface area contributed by atoms with Crippen LogP contribution in [0.15, 0.2) is 24.3 Å². The molecule has 1 aromatic carbocycles. The minimum absolute atomic E-state index is 0.0459. The summed E-state index contributed by atoms with van der Waals surface area (Å²) in [7, 11) is 0. The highest BCUT2D eigenvalue weighted by molar-refractivity contribution is 5.97. The summed E-state index contributed by atoms with van der Waals surface area (Å²) in [6.45, 7) is 5.52. The lowest BCUT2D eigenvalue weighted by Gasteiger charge is -2.12. The molecular formula is C17H24N2O4. The van der Waals surface area contributed by atoms with E-state index < -0.39 is 17.9 Å². The summed E-state index contributed by atoms with van der Waals surface area (Å²) in [4.78, 5) is 34.5. The summed E-state index contributed by atoms with van der Waals surface area (Å²) < 4.78 is 0. The average Bonchev–Trinajstić information content (AvgIpc) is 2.52. The molecule has 0 aliphatic rings. The number of rotatable bonds is 8. The van der Waals surface area contributed by atoms with E-state index in [1.54, 1.807) is 24.3 Å². The van der Waals surface area contributed by atoms with E-state index in [4.69, 9.17) is 5.11 Å². The van der Waals surface area contributed by atoms with Crippen molar-refractivity contribution in [2.24, 2.45) is 5.92 Å². The van der Waals surface area contributed by atoms with Crippen LogP contribution >= 0.6 is 0 Å². The van der Waals surface area contributed by atoms with Crippen molar-refractivity contribution in [3.63, 3.8) is 0 Å². The van der Waals surface area contributed by atoms with Gasteiger partial charge in [0, 0.05) is 17.7 Å². The Kier molecular flexibility index (Phi) is 7.25. The van der Waals surface area contributed by atoms with Gasteiger partial charge in [-0.3, -0.25) is 14.4 Å². The van der Waals surface area contributed by atoms with Gasteiger partial charge in [0.25, 0.3) is 5.91 Å². The van der Waals surface area contributed by atoms with Crippen LogP contribution in [0.2, 0.25) is 0 Å². The number of carboxylic acids is 1. The molecule has 0 fully saturated rings. The van der Waals surface area contributed by atoms with Crippen LogP contribution in [0.25, 0.3) is 0 Å². The first-order valence-electron chi connectivity index (χ1n) is 7.80. The van der Waals surface area contributed by atoms with Crippen molar-refractivity contribution in [2.75, 3.05) is 5.32 Å². The van der Waals surface area contributed by atoms with Gasteiger partial charge in [-0.25, -0.2) is 0 Å². The number of aliphatic carboxylic acids is 1. The predicted octanol–water partition coefficient (Wildman–Crippen LogP) is 2.65. The van der Waals surface area contributed by atoms with Gasteiger partial charge >= 0.3 is 5.97 Å². The quantitative estimate of drug-likeness (QED) is 0.686. The Morgan fingerprint density at radius 3 is 2.13 bits per heavy atom. The third kappa shape index (κ3) is 6.10. The summed E-state index contributed by atoms with van der Waals surface area (Å²) in [6.07, 6.45) is 2.40. The van der Waals surface area contributed by atoms with E-state index in [0.29, 0.717) is 23.6 Å². The Morgan fingerprint density at radius 1 is 1.09 bits per heavy atom. The summed E-state index contributed by atoms with van der Waals surface area (Å²) in [6, 6.07) is 5.41. The Bertz CT molecular complexity index is 550. The smallest absolute Gasteiger partial charge is 0.325 e. The molecule has 126 valence electrons. The monoisotopic (exact) mass is 320 g/mol. The van der Waals surface area contributed by atoms with E-state index in [1.165, 1.54) is 6.92 Å². The van der Waals surface area contributed by atoms with Crippen LogP contribution in [0.4, 0.5) is 5.69 Å². The maximum absolute atomic E-state index is 11.9. The van der Waals surface area contributed by atoms with Gasteiger partial charge in [0.2, 0.25) is 5.91 Å². The number of carbonyl (C=O) groups excluding carboxylic acids is 2. The first-order chi connectivity index (χ1) is 10.9. The molecule has 6 heteroatoms. The molecule has 1 rings (SSSR count). The van der Waals surface area contributed by atoms with Crippen LogP contribution in [-0.4, -0.2) is 28.9 Å². The number of carboxylic acid groups (broad SMARTS) is 1. The van der Waals surface area contributed by atoms with Crippen LogP contribution < -0.4 is 10.6 Å². The van der Waals surface area contributed by atoms with Crippen LogP contribution in [0.3, 0.4) is 0 Å². The second-order valence-electron chi connectivity index (χ2n) is 5.55. The lowest BCUT2D eigenvalue weighted by atomic mass is 9.99. The molecule has 2 amide bonds. The number of amides is 2. The third-order valence-corrected chi connectivity index (χ3v) is 3.78. The first kappa shape index (κ1) is 18.7. The van der Waals surface area contributed by atoms with Crippen molar-refractivity contribution in [1.82, 2.24) is 5.32 Å². The van der Waals surface area contributed by atoms with Gasteiger partial charge in [0.05, 0.1) is 0 Å². The van der Waals surface area contributed by atoms with Crippen LogP contribution in [0.5, 0.6) is 0 Å². The molecule has 0 radical (unpaired) electrons. The number of hydrogen-bond acceptors (Lipinski definition) is 3. The van der Waals surface area contributed by atoms with E-state index in [2.05, 4.69) is 24.5 Å². The molecule has 0 spiro atoms. The van der Waals surface area contributed by atoms with E-state index in [-0.39, 0.29) is 5.91 Å². The molecule has 1 atom stereocenters. The molecule has 6 nitrogen and oxygen atoms in total. The standard InChI is InChI=1S/C17H24N2O4/c1-4-12(5-2)10-15(20)19-14-8-6-13(7-9-14)16(21)18-11(3)17(22)23/h6-9,11-12H,4-5,10H2,1-3H3,(H,18,21)(H,19,20)(H,22,23). The highest BCUT2D eigenvalue weighted by Crippen LogP contribution is 2.15. The van der Waals surface area contributed by atoms with Crippen molar-refractivity contribution in [2.45, 2.75) is 46.1 Å². The predicted molar refractivity (Wildman–Crippen MR) is 88.3 cm³/mol. The van der Waals surface area contributed by atoms with Crippen LogP contribution in [0, 0.1) is 5.92 Å². The largest absolute Gasteiger partial charge is 0.480 e. The molecule has 0 saturated carbocycles. The second kappa shape index (κ2) is 8.92. The minimum Gasteiger partial charge on any atom is -0.480 e. The first-order valence-corrected chi connectivity index (χ1v) is 7.80. The van der Waals surface area contributed by atoms with Crippen molar-refractivity contribution in [3.8, 4) is 0 Å². The molecule has 0 aliphatic heterocycles. The number of anilines is 1. The molecule has 1 aromatic rings. The number of carbonyl (C=O) groups is 3. The third-order valence-electron chi connectivity index (χ3n) is 3.78. The van der Waals surface area contributed by atoms with E-state index >= 15 is 0 Å². The Balaban J connectivity index is 2.61. The summed E-state index contributed by atoms with van der Waals surface area (Å²) in [5.41, 5.74) is 0.958. The normalized spacial score (nSPS) is 11.8. The topological polar surface area (TPSA) is 95.5 Å². The number of hydrogen-bond donors (Lipinski definition) is 3. The number of benzene rings is 1. The molecule has 0 heterocycles. The second-order valence-corrected chi connectivity index (χ2v) is 5.55. The molecule has 23 heavy (non-hydrogen) atoms. The SMILES string of the molecule is CCC(CC)CC(=O)Nc1ccc(C(=O)NC(C)C(=O)O)cc1. The molecule has 0 aromatic heterocycles. The zero-order valence-electron chi connectivity index (χ0n) is 13.8. The molecule has 1 unspecified atom stereocenters. The lowest BCUT2D eigenvalue weighted by molar-refractivity contribution is -0.138. The number of nitrogens with one attached hydrogen (secondary N) is 2. The van der Waals surface area contributed by atoms with Crippen molar-refractivity contribution < 1.29 is 19.5 Å². The maximum Gasteiger partial charge on any atom is 0.325 e. The van der Waals surface area contributed by atoms with Crippen LogP contribution in [0.1, 0.15) is 50.4 Å². The summed E-state index contributed by atoms with van der Waals surface area (Å²) in [5, 5.41) is 13.9. The molecular weight excluding hydrogens is 296 g/mol. The Morgan fingerprint density at radius 2 is 1.65 bits per heavy atom. The van der Waals surface area contributed by atoms with Gasteiger partial charge in [0.1, 0.15) is 6.04 Å². The van der Waals surface area contributed by atoms with Crippen molar-refractivity contribution in [3.05, 3.63) is 29.8 Å². The highest BCUT2D eigenvalue weighted by atomic mass is 16.4.